The van der Waals surface area contributed by atoms with Crippen LogP contribution in [0.3, 0.4) is 0 Å². The Hall–Kier alpha value is -1.00. The number of ether oxygens (including phenoxy) is 1. The number of nitrogens with one attached hydrogen (secondary N) is 1. The highest BCUT2D eigenvalue weighted by atomic mass is 19.1. The molecule has 0 saturated heterocycles. The van der Waals surface area contributed by atoms with Crippen LogP contribution in [0.5, 0.6) is 0 Å². The second-order valence-corrected chi connectivity index (χ2v) is 6.52. The molecule has 1 fully saturated rings. The summed E-state index contributed by atoms with van der Waals surface area (Å²) >= 11 is 0. The van der Waals surface area contributed by atoms with Gasteiger partial charge in [-0.05, 0) is 42.4 Å². The summed E-state index contributed by atoms with van der Waals surface area (Å²) in [6.07, 6.45) is 1.96. The van der Waals surface area contributed by atoms with Crippen LogP contribution in [0.1, 0.15) is 32.3 Å². The summed E-state index contributed by atoms with van der Waals surface area (Å²) in [6, 6.07) is 3.91. The molecule has 0 unspecified atom stereocenters. The monoisotopic (exact) mass is 297 g/mol. The van der Waals surface area contributed by atoms with E-state index in [9.17, 15) is 8.78 Å². The lowest BCUT2D eigenvalue weighted by molar-refractivity contribution is 0.0943. The number of hydrogen-bond donors (Lipinski definition) is 1. The van der Waals surface area contributed by atoms with E-state index in [2.05, 4.69) is 19.2 Å². The van der Waals surface area contributed by atoms with Crippen molar-refractivity contribution in [1.29, 1.82) is 0 Å². The summed E-state index contributed by atoms with van der Waals surface area (Å²) in [5.74, 6) is 0.250. The van der Waals surface area contributed by atoms with Gasteiger partial charge in [-0.2, -0.15) is 0 Å². The molecule has 1 aromatic carbocycles. The topological polar surface area (TPSA) is 21.3 Å². The molecule has 1 aliphatic rings. The van der Waals surface area contributed by atoms with Crippen LogP contribution in [-0.4, -0.2) is 26.8 Å². The Morgan fingerprint density at radius 3 is 2.38 bits per heavy atom. The normalized spacial score (nSPS) is 25.1. The lowest BCUT2D eigenvalue weighted by Gasteiger charge is -2.50. The first kappa shape index (κ1) is 16.4. The highest BCUT2D eigenvalue weighted by Crippen LogP contribution is 2.50. The van der Waals surface area contributed by atoms with Gasteiger partial charge in [0.25, 0.3) is 0 Å². The van der Waals surface area contributed by atoms with Gasteiger partial charge in [-0.1, -0.05) is 13.8 Å². The molecule has 118 valence electrons. The molecule has 0 spiro atoms. The Morgan fingerprint density at radius 1 is 1.24 bits per heavy atom. The van der Waals surface area contributed by atoms with Gasteiger partial charge in [0, 0.05) is 31.7 Å². The van der Waals surface area contributed by atoms with Crippen LogP contribution in [0.4, 0.5) is 8.78 Å². The first-order chi connectivity index (χ1) is 9.97. The largest absolute Gasteiger partial charge is 0.383 e. The standard InChI is InChI=1S/C17H25F2NO/c1-12(2)13-9-17(10-13,11-20-4-5-21-3)14-6-15(18)8-16(19)7-14/h6-8,12-13,20H,4-5,9-11H2,1-3H3. The number of halogens is 2. The molecule has 1 saturated carbocycles. The third kappa shape index (κ3) is 3.80. The number of methoxy groups -OCH3 is 1. The van der Waals surface area contributed by atoms with Crippen molar-refractivity contribution in [2.24, 2.45) is 11.8 Å². The Balaban J connectivity index is 2.13. The van der Waals surface area contributed by atoms with Gasteiger partial charge in [-0.3, -0.25) is 0 Å². The van der Waals surface area contributed by atoms with Crippen molar-refractivity contribution in [2.75, 3.05) is 26.8 Å². The third-order valence-corrected chi connectivity index (χ3v) is 4.67. The van der Waals surface area contributed by atoms with Gasteiger partial charge in [0.15, 0.2) is 0 Å². The molecule has 21 heavy (non-hydrogen) atoms. The molecule has 2 rings (SSSR count). The quantitative estimate of drug-likeness (QED) is 0.778. The Bertz CT molecular complexity index is 450. The molecule has 0 bridgehead atoms. The molecule has 0 aliphatic heterocycles. The summed E-state index contributed by atoms with van der Waals surface area (Å²) in [7, 11) is 1.66. The van der Waals surface area contributed by atoms with E-state index in [1.807, 2.05) is 0 Å². The van der Waals surface area contributed by atoms with Crippen molar-refractivity contribution < 1.29 is 13.5 Å². The van der Waals surface area contributed by atoms with Crippen LogP contribution < -0.4 is 5.32 Å². The fraction of sp³-hybridized carbons (Fsp3) is 0.647. The average Bonchev–Trinajstić information content (AvgIpc) is 2.35. The van der Waals surface area contributed by atoms with Crippen LogP contribution in [-0.2, 0) is 10.2 Å². The molecule has 0 atom stereocenters. The predicted molar refractivity (Wildman–Crippen MR) is 80.3 cm³/mol. The number of benzene rings is 1. The van der Waals surface area contributed by atoms with Crippen LogP contribution in [0.2, 0.25) is 0 Å². The van der Waals surface area contributed by atoms with Gasteiger partial charge in [-0.15, -0.1) is 0 Å². The van der Waals surface area contributed by atoms with Crippen LogP contribution in [0.15, 0.2) is 18.2 Å². The van der Waals surface area contributed by atoms with E-state index in [4.69, 9.17) is 4.74 Å². The van der Waals surface area contributed by atoms with E-state index in [1.54, 1.807) is 7.11 Å². The van der Waals surface area contributed by atoms with Gasteiger partial charge in [0.1, 0.15) is 11.6 Å². The maximum atomic E-state index is 13.5. The molecule has 0 radical (unpaired) electrons. The summed E-state index contributed by atoms with van der Waals surface area (Å²) in [5, 5.41) is 3.36. The molecule has 1 N–H and O–H groups in total. The molecular weight excluding hydrogens is 272 g/mol. The lowest BCUT2D eigenvalue weighted by atomic mass is 9.56. The van der Waals surface area contributed by atoms with Crippen molar-refractivity contribution >= 4 is 0 Å². The zero-order chi connectivity index (χ0) is 15.5. The second-order valence-electron chi connectivity index (χ2n) is 6.52. The molecule has 0 aromatic heterocycles. The summed E-state index contributed by atoms with van der Waals surface area (Å²) in [6.45, 7) is 6.55. The maximum absolute atomic E-state index is 13.5. The fourth-order valence-electron chi connectivity index (χ4n) is 3.26. The zero-order valence-corrected chi connectivity index (χ0v) is 13.1. The molecule has 4 heteroatoms. The summed E-state index contributed by atoms with van der Waals surface area (Å²) in [5.41, 5.74) is 0.632. The lowest BCUT2D eigenvalue weighted by Crippen LogP contribution is -2.50. The minimum atomic E-state index is -0.491. The molecule has 2 nitrogen and oxygen atoms in total. The summed E-state index contributed by atoms with van der Waals surface area (Å²) in [4.78, 5) is 0. The van der Waals surface area contributed by atoms with Crippen molar-refractivity contribution in [3.05, 3.63) is 35.4 Å². The van der Waals surface area contributed by atoms with Gasteiger partial charge in [-0.25, -0.2) is 8.78 Å². The van der Waals surface area contributed by atoms with Crippen LogP contribution in [0, 0.1) is 23.5 Å². The minimum absolute atomic E-state index is 0.147. The van der Waals surface area contributed by atoms with Crippen molar-refractivity contribution in [3.8, 4) is 0 Å². The highest BCUT2D eigenvalue weighted by Gasteiger charge is 2.46. The molecule has 0 amide bonds. The Labute approximate surface area is 125 Å². The Morgan fingerprint density at radius 2 is 1.86 bits per heavy atom. The van der Waals surface area contributed by atoms with E-state index < -0.39 is 11.6 Å². The van der Waals surface area contributed by atoms with E-state index in [1.165, 1.54) is 12.1 Å². The maximum Gasteiger partial charge on any atom is 0.126 e. The van der Waals surface area contributed by atoms with E-state index in [0.29, 0.717) is 18.4 Å². The first-order valence-corrected chi connectivity index (χ1v) is 7.63. The average molecular weight is 297 g/mol. The summed E-state index contributed by atoms with van der Waals surface area (Å²) < 4.78 is 32.1. The van der Waals surface area contributed by atoms with Gasteiger partial charge in [0.2, 0.25) is 0 Å². The van der Waals surface area contributed by atoms with Crippen LogP contribution >= 0.6 is 0 Å². The van der Waals surface area contributed by atoms with Crippen LogP contribution in [0.25, 0.3) is 0 Å². The SMILES string of the molecule is COCCNCC1(c2cc(F)cc(F)c2)CC(C(C)C)C1. The van der Waals surface area contributed by atoms with E-state index in [-0.39, 0.29) is 5.41 Å². The van der Waals surface area contributed by atoms with E-state index >= 15 is 0 Å². The Kier molecular flexibility index (Phi) is 5.33. The van der Waals surface area contributed by atoms with Gasteiger partial charge < -0.3 is 10.1 Å². The predicted octanol–water partition coefficient (Wildman–Crippen LogP) is 3.50. The number of rotatable bonds is 7. The molecule has 0 heterocycles. The minimum Gasteiger partial charge on any atom is -0.383 e. The molecule has 1 aromatic rings. The fourth-order valence-corrected chi connectivity index (χ4v) is 3.26. The van der Waals surface area contributed by atoms with Crippen molar-refractivity contribution in [2.45, 2.75) is 32.1 Å². The first-order valence-electron chi connectivity index (χ1n) is 7.63. The van der Waals surface area contributed by atoms with Crippen molar-refractivity contribution in [1.82, 2.24) is 5.32 Å². The highest BCUT2D eigenvalue weighted by molar-refractivity contribution is 5.31. The molecule has 1 aliphatic carbocycles. The van der Waals surface area contributed by atoms with Gasteiger partial charge >= 0.3 is 0 Å². The van der Waals surface area contributed by atoms with Gasteiger partial charge in [0.05, 0.1) is 6.61 Å². The van der Waals surface area contributed by atoms with Crippen molar-refractivity contribution in [3.63, 3.8) is 0 Å². The number of hydrogen-bond acceptors (Lipinski definition) is 2. The zero-order valence-electron chi connectivity index (χ0n) is 13.1. The third-order valence-electron chi connectivity index (χ3n) is 4.67. The molecular formula is C17H25F2NO. The second kappa shape index (κ2) is 6.84. The smallest absolute Gasteiger partial charge is 0.126 e. The van der Waals surface area contributed by atoms with E-state index in [0.717, 1.165) is 37.6 Å².